The Hall–Kier alpha value is -1.90. The van der Waals surface area contributed by atoms with Gasteiger partial charge < -0.3 is 0 Å². The third-order valence-electron chi connectivity index (χ3n) is 2.42. The fourth-order valence-electron chi connectivity index (χ4n) is 1.51. The van der Waals surface area contributed by atoms with Crippen LogP contribution >= 0.6 is 23.2 Å². The topological polar surface area (TPSA) is 102 Å². The fourth-order valence-corrected chi connectivity index (χ4v) is 3.21. The number of aromatic nitrogens is 1. The number of nitro benzene ring substituents is 1. The van der Waals surface area contributed by atoms with E-state index >= 15 is 0 Å². The molecule has 110 valence electrons. The predicted molar refractivity (Wildman–Crippen MR) is 78.2 cm³/mol. The Balaban J connectivity index is 2.47. The first kappa shape index (κ1) is 15.5. The predicted octanol–water partition coefficient (Wildman–Crippen LogP) is 3.10. The minimum Gasteiger partial charge on any atom is -0.273 e. The Bertz CT molecular complexity index is 811. The SMILES string of the molecule is O=[N+]([O-])c1cc(Cl)ccc1NS(=O)(=O)c1cccnc1Cl. The number of pyridine rings is 1. The maximum absolute atomic E-state index is 12.2. The molecule has 2 rings (SSSR count). The number of hydrogen-bond donors (Lipinski definition) is 1. The zero-order chi connectivity index (χ0) is 15.6. The smallest absolute Gasteiger partial charge is 0.273 e. The molecule has 0 amide bonds. The van der Waals surface area contributed by atoms with Gasteiger partial charge in [-0.05, 0) is 24.3 Å². The first-order valence-electron chi connectivity index (χ1n) is 5.38. The van der Waals surface area contributed by atoms with Crippen LogP contribution in [0.4, 0.5) is 11.4 Å². The van der Waals surface area contributed by atoms with E-state index in [4.69, 9.17) is 23.2 Å². The Labute approximate surface area is 129 Å². The fraction of sp³-hybridized carbons (Fsp3) is 0. The van der Waals surface area contributed by atoms with Crippen molar-refractivity contribution in [3.05, 3.63) is 56.8 Å². The molecule has 0 aliphatic heterocycles. The Morgan fingerprint density at radius 2 is 1.95 bits per heavy atom. The molecule has 0 aliphatic rings. The van der Waals surface area contributed by atoms with Crippen LogP contribution in [0.2, 0.25) is 10.2 Å². The third-order valence-corrected chi connectivity index (χ3v) is 4.46. The van der Waals surface area contributed by atoms with Crippen LogP contribution in [0.15, 0.2) is 41.4 Å². The molecular weight excluding hydrogens is 341 g/mol. The van der Waals surface area contributed by atoms with Gasteiger partial charge in [0.05, 0.1) is 4.92 Å². The summed E-state index contributed by atoms with van der Waals surface area (Å²) in [5, 5.41) is 10.8. The molecule has 0 radical (unpaired) electrons. The highest BCUT2D eigenvalue weighted by molar-refractivity contribution is 7.92. The minimum absolute atomic E-state index is 0.115. The van der Waals surface area contributed by atoms with Crippen molar-refractivity contribution in [2.75, 3.05) is 4.72 Å². The van der Waals surface area contributed by atoms with Gasteiger partial charge in [-0.25, -0.2) is 13.4 Å². The number of benzene rings is 1. The first-order chi connectivity index (χ1) is 9.81. The lowest BCUT2D eigenvalue weighted by Crippen LogP contribution is -2.14. The maximum Gasteiger partial charge on any atom is 0.294 e. The molecule has 2 aromatic rings. The van der Waals surface area contributed by atoms with Gasteiger partial charge in [-0.15, -0.1) is 0 Å². The van der Waals surface area contributed by atoms with E-state index < -0.39 is 20.6 Å². The molecule has 0 spiro atoms. The van der Waals surface area contributed by atoms with E-state index in [2.05, 4.69) is 9.71 Å². The van der Waals surface area contributed by atoms with E-state index in [1.54, 1.807) is 0 Å². The van der Waals surface area contributed by atoms with Gasteiger partial charge in [0.1, 0.15) is 15.7 Å². The standard InChI is InChI=1S/C11H7Cl2N3O4S/c12-7-3-4-8(9(6-7)16(17)18)15-21(19,20)10-2-1-5-14-11(10)13/h1-6,15H. The largest absolute Gasteiger partial charge is 0.294 e. The lowest BCUT2D eigenvalue weighted by Gasteiger charge is -2.09. The molecule has 1 N–H and O–H groups in total. The number of halogens is 2. The second kappa shape index (κ2) is 5.84. The number of hydrogen-bond acceptors (Lipinski definition) is 5. The van der Waals surface area contributed by atoms with Gasteiger partial charge in [0.25, 0.3) is 15.7 Å². The van der Waals surface area contributed by atoms with Crippen molar-refractivity contribution in [1.29, 1.82) is 0 Å². The van der Waals surface area contributed by atoms with Crippen LogP contribution in [-0.4, -0.2) is 18.3 Å². The van der Waals surface area contributed by atoms with Crippen LogP contribution in [-0.2, 0) is 10.0 Å². The second-order valence-electron chi connectivity index (χ2n) is 3.82. The summed E-state index contributed by atoms with van der Waals surface area (Å²) in [7, 11) is -4.10. The van der Waals surface area contributed by atoms with Gasteiger partial charge in [0, 0.05) is 17.3 Å². The molecule has 7 nitrogen and oxygen atoms in total. The van der Waals surface area contributed by atoms with Gasteiger partial charge in [0.15, 0.2) is 0 Å². The molecule has 0 aliphatic carbocycles. The van der Waals surface area contributed by atoms with E-state index in [9.17, 15) is 18.5 Å². The van der Waals surface area contributed by atoms with Crippen LogP contribution < -0.4 is 4.72 Å². The number of nitrogens with one attached hydrogen (secondary N) is 1. The summed E-state index contributed by atoms with van der Waals surface area (Å²) in [5.41, 5.74) is -0.685. The highest BCUT2D eigenvalue weighted by atomic mass is 35.5. The Kier molecular flexibility index (Phi) is 4.31. The quantitative estimate of drug-likeness (QED) is 0.520. The van der Waals surface area contributed by atoms with Gasteiger partial charge in [-0.2, -0.15) is 0 Å². The average molecular weight is 348 g/mol. The molecule has 0 bridgehead atoms. The summed E-state index contributed by atoms with van der Waals surface area (Å²) in [6.45, 7) is 0. The molecule has 0 atom stereocenters. The maximum atomic E-state index is 12.2. The summed E-state index contributed by atoms with van der Waals surface area (Å²) < 4.78 is 26.5. The molecule has 21 heavy (non-hydrogen) atoms. The van der Waals surface area contributed by atoms with E-state index in [1.807, 2.05) is 0 Å². The first-order valence-corrected chi connectivity index (χ1v) is 7.62. The Morgan fingerprint density at radius 1 is 1.24 bits per heavy atom. The van der Waals surface area contributed by atoms with Crippen LogP contribution in [0.5, 0.6) is 0 Å². The van der Waals surface area contributed by atoms with E-state index in [1.165, 1.54) is 30.5 Å². The zero-order valence-electron chi connectivity index (χ0n) is 10.2. The highest BCUT2D eigenvalue weighted by Gasteiger charge is 2.23. The van der Waals surface area contributed by atoms with Crippen molar-refractivity contribution < 1.29 is 13.3 Å². The summed E-state index contributed by atoms with van der Waals surface area (Å²) in [6.07, 6.45) is 1.33. The molecule has 0 saturated carbocycles. The van der Waals surface area contributed by atoms with Gasteiger partial charge in [0.2, 0.25) is 0 Å². The highest BCUT2D eigenvalue weighted by Crippen LogP contribution is 2.30. The Morgan fingerprint density at radius 3 is 2.57 bits per heavy atom. The number of anilines is 1. The summed E-state index contributed by atoms with van der Waals surface area (Å²) in [4.78, 5) is 13.6. The van der Waals surface area contributed by atoms with Gasteiger partial charge >= 0.3 is 0 Å². The van der Waals surface area contributed by atoms with Crippen LogP contribution in [0.3, 0.4) is 0 Å². The molecule has 1 heterocycles. The second-order valence-corrected chi connectivity index (χ2v) is 6.26. The van der Waals surface area contributed by atoms with Crippen LogP contribution in [0, 0.1) is 10.1 Å². The van der Waals surface area contributed by atoms with Crippen LogP contribution in [0.25, 0.3) is 0 Å². The van der Waals surface area contributed by atoms with E-state index in [-0.39, 0.29) is 20.8 Å². The lowest BCUT2D eigenvalue weighted by atomic mass is 10.3. The summed E-state index contributed by atoms with van der Waals surface area (Å²) in [5.74, 6) is 0. The van der Waals surface area contributed by atoms with Crippen molar-refractivity contribution in [2.24, 2.45) is 0 Å². The van der Waals surface area contributed by atoms with Crippen molar-refractivity contribution >= 4 is 44.6 Å². The lowest BCUT2D eigenvalue weighted by molar-refractivity contribution is -0.383. The molecule has 10 heteroatoms. The van der Waals surface area contributed by atoms with Crippen molar-refractivity contribution in [3.8, 4) is 0 Å². The third kappa shape index (κ3) is 3.41. The van der Waals surface area contributed by atoms with Gasteiger partial charge in [-0.3, -0.25) is 14.8 Å². The molecule has 0 saturated heterocycles. The molecule has 0 unspecified atom stereocenters. The zero-order valence-corrected chi connectivity index (χ0v) is 12.5. The number of rotatable bonds is 4. The normalized spacial score (nSPS) is 11.1. The van der Waals surface area contributed by atoms with Crippen LogP contribution in [0.1, 0.15) is 0 Å². The van der Waals surface area contributed by atoms with Gasteiger partial charge in [-0.1, -0.05) is 23.2 Å². The molecule has 0 fully saturated rings. The molecular formula is C11H7Cl2N3O4S. The number of nitrogens with zero attached hydrogens (tertiary/aromatic N) is 2. The summed E-state index contributed by atoms with van der Waals surface area (Å²) >= 11 is 11.4. The minimum atomic E-state index is -4.10. The number of nitro groups is 1. The van der Waals surface area contributed by atoms with Crippen molar-refractivity contribution in [2.45, 2.75) is 4.90 Å². The van der Waals surface area contributed by atoms with Crippen molar-refractivity contribution in [3.63, 3.8) is 0 Å². The molecule has 1 aromatic heterocycles. The monoisotopic (exact) mass is 347 g/mol. The van der Waals surface area contributed by atoms with Crippen molar-refractivity contribution in [1.82, 2.24) is 4.98 Å². The average Bonchev–Trinajstić information content (AvgIpc) is 2.40. The van der Waals surface area contributed by atoms with E-state index in [0.717, 1.165) is 6.07 Å². The summed E-state index contributed by atoms with van der Waals surface area (Å²) in [6, 6.07) is 6.19. The van der Waals surface area contributed by atoms with E-state index in [0.29, 0.717) is 0 Å². The molecule has 1 aromatic carbocycles. The number of sulfonamides is 1.